The number of rotatable bonds is 6. The number of ether oxygens (including phenoxy) is 2. The lowest BCUT2D eigenvalue weighted by atomic mass is 9.95. The summed E-state index contributed by atoms with van der Waals surface area (Å²) in [6, 6.07) is 17.7. The van der Waals surface area contributed by atoms with Gasteiger partial charge in [-0.3, -0.25) is 9.36 Å². The Morgan fingerprint density at radius 2 is 1.75 bits per heavy atom. The minimum absolute atomic E-state index is 0.236. The topological polar surface area (TPSA) is 74.8 Å². The summed E-state index contributed by atoms with van der Waals surface area (Å²) < 4.78 is 14.9. The lowest BCUT2D eigenvalue weighted by Crippen LogP contribution is -2.40. The average molecular weight is 667 g/mol. The number of para-hydroxylation sites is 1. The summed E-state index contributed by atoms with van der Waals surface area (Å²) in [6.07, 6.45) is 1.89. The van der Waals surface area contributed by atoms with Crippen molar-refractivity contribution in [3.8, 4) is 5.75 Å². The zero-order valence-electron chi connectivity index (χ0n) is 24.2. The third-order valence-corrected chi connectivity index (χ3v) is 9.62. The number of halogens is 3. The van der Waals surface area contributed by atoms with E-state index in [4.69, 9.17) is 44.3 Å². The Balaban J connectivity index is 1.58. The lowest BCUT2D eigenvalue weighted by molar-refractivity contribution is -0.136. The molecule has 0 unspecified atom stereocenters. The normalized spacial score (nSPS) is 15.0. The number of benzene rings is 3. The molecule has 1 aliphatic rings. The molecule has 44 heavy (non-hydrogen) atoms. The molecule has 1 atom stereocenters. The van der Waals surface area contributed by atoms with Crippen LogP contribution in [0.1, 0.15) is 35.3 Å². The molecule has 0 radical (unpaired) electrons. The van der Waals surface area contributed by atoms with Gasteiger partial charge in [-0.25, -0.2) is 9.79 Å². The summed E-state index contributed by atoms with van der Waals surface area (Å²) in [4.78, 5) is 32.5. The quantitative estimate of drug-likeness (QED) is 0.189. The van der Waals surface area contributed by atoms with Crippen molar-refractivity contribution in [2.75, 3.05) is 14.2 Å². The summed E-state index contributed by atoms with van der Waals surface area (Å²) in [5.41, 5.74) is 4.72. The first-order chi connectivity index (χ1) is 21.1. The van der Waals surface area contributed by atoms with Crippen molar-refractivity contribution in [3.63, 3.8) is 0 Å². The molecule has 11 heteroatoms. The smallest absolute Gasteiger partial charge is 0.338 e. The van der Waals surface area contributed by atoms with E-state index in [-0.39, 0.29) is 11.1 Å². The third-order valence-electron chi connectivity index (χ3n) is 7.81. The van der Waals surface area contributed by atoms with E-state index in [1.54, 1.807) is 31.2 Å². The van der Waals surface area contributed by atoms with Crippen molar-refractivity contribution in [2.45, 2.75) is 26.4 Å². The van der Waals surface area contributed by atoms with Crippen LogP contribution < -0.4 is 19.6 Å². The van der Waals surface area contributed by atoms with Gasteiger partial charge in [0.25, 0.3) is 5.56 Å². The van der Waals surface area contributed by atoms with Gasteiger partial charge in [-0.1, -0.05) is 70.4 Å². The highest BCUT2D eigenvalue weighted by molar-refractivity contribution is 7.07. The minimum Gasteiger partial charge on any atom is -0.496 e. The predicted molar refractivity (Wildman–Crippen MR) is 176 cm³/mol. The van der Waals surface area contributed by atoms with Crippen LogP contribution in [0.3, 0.4) is 0 Å². The van der Waals surface area contributed by atoms with Crippen LogP contribution in [0.4, 0.5) is 0 Å². The van der Waals surface area contributed by atoms with Crippen LogP contribution in [0.15, 0.2) is 81.7 Å². The molecule has 0 saturated heterocycles. The highest BCUT2D eigenvalue weighted by Gasteiger charge is 2.35. The largest absolute Gasteiger partial charge is 0.496 e. The van der Waals surface area contributed by atoms with E-state index < -0.39 is 12.0 Å². The predicted octanol–water partition coefficient (Wildman–Crippen LogP) is 6.69. The Morgan fingerprint density at radius 1 is 1.02 bits per heavy atom. The fourth-order valence-corrected chi connectivity index (χ4v) is 7.38. The monoisotopic (exact) mass is 665 g/mol. The molecule has 0 spiro atoms. The van der Waals surface area contributed by atoms with Crippen molar-refractivity contribution in [1.82, 2.24) is 9.13 Å². The first-order valence-electron chi connectivity index (χ1n) is 13.6. The SMILES string of the molecule is COC(=O)C1=C(C)N=c2s/c(=C\c3c(C)n(Cc4ccc(Cl)cc4Cl)c4ccccc34)c(=O)n2[C@@H]1c1cc(Cl)ccc1OC. The van der Waals surface area contributed by atoms with E-state index in [2.05, 4.69) is 9.56 Å². The molecule has 5 aromatic rings. The van der Waals surface area contributed by atoms with E-state index in [9.17, 15) is 9.59 Å². The molecule has 224 valence electrons. The van der Waals surface area contributed by atoms with Crippen LogP contribution >= 0.6 is 46.1 Å². The van der Waals surface area contributed by atoms with Gasteiger partial charge in [0.2, 0.25) is 0 Å². The molecule has 3 aromatic carbocycles. The van der Waals surface area contributed by atoms with Crippen LogP contribution in [-0.2, 0) is 16.1 Å². The first-order valence-corrected chi connectivity index (χ1v) is 15.5. The van der Waals surface area contributed by atoms with Gasteiger partial charge in [0, 0.05) is 49.3 Å². The molecule has 3 heterocycles. The number of hydrogen-bond donors (Lipinski definition) is 0. The molecule has 2 aromatic heterocycles. The van der Waals surface area contributed by atoms with Crippen molar-refractivity contribution in [3.05, 3.63) is 129 Å². The van der Waals surface area contributed by atoms with Gasteiger partial charge in [-0.05, 0) is 61.9 Å². The Kier molecular flexibility index (Phi) is 8.20. The fourth-order valence-electron chi connectivity index (χ4n) is 5.70. The van der Waals surface area contributed by atoms with E-state index >= 15 is 0 Å². The second kappa shape index (κ2) is 11.9. The van der Waals surface area contributed by atoms with Gasteiger partial charge in [0.15, 0.2) is 4.80 Å². The number of aromatic nitrogens is 2. The molecule has 0 amide bonds. The van der Waals surface area contributed by atoms with Crippen LogP contribution in [0.2, 0.25) is 15.1 Å². The number of carbonyl (C=O) groups is 1. The molecular formula is C33H26Cl3N3O4S. The number of esters is 1. The lowest BCUT2D eigenvalue weighted by Gasteiger charge is -2.25. The molecular weight excluding hydrogens is 641 g/mol. The summed E-state index contributed by atoms with van der Waals surface area (Å²) in [5, 5.41) is 2.58. The van der Waals surface area contributed by atoms with E-state index in [0.29, 0.717) is 48.0 Å². The number of allylic oxidation sites excluding steroid dienone is 1. The van der Waals surface area contributed by atoms with Gasteiger partial charge in [0.05, 0.1) is 30.0 Å². The molecule has 7 nitrogen and oxygen atoms in total. The maximum atomic E-state index is 14.3. The number of hydrogen-bond acceptors (Lipinski definition) is 6. The van der Waals surface area contributed by atoms with Crippen LogP contribution in [0, 0.1) is 6.92 Å². The Bertz CT molecular complexity index is 2200. The minimum atomic E-state index is -0.857. The number of methoxy groups -OCH3 is 2. The van der Waals surface area contributed by atoms with Gasteiger partial charge < -0.3 is 14.0 Å². The van der Waals surface area contributed by atoms with Gasteiger partial charge in [-0.2, -0.15) is 0 Å². The van der Waals surface area contributed by atoms with Gasteiger partial charge in [0.1, 0.15) is 11.8 Å². The van der Waals surface area contributed by atoms with Crippen molar-refractivity contribution >= 4 is 69.1 Å². The van der Waals surface area contributed by atoms with E-state index in [1.807, 2.05) is 49.4 Å². The van der Waals surface area contributed by atoms with Crippen molar-refractivity contribution in [1.29, 1.82) is 0 Å². The summed E-state index contributed by atoms with van der Waals surface area (Å²) in [7, 11) is 2.83. The molecule has 0 saturated carbocycles. The average Bonchev–Trinajstić information content (AvgIpc) is 3.45. The standard InChI is InChI=1S/C33H26Cl3N3O4S/c1-17-29(32(41)43-4)30(24-13-20(34)11-12-27(24)42-3)39-31(40)28(44-33(39)37-17)15-23-18(2)38(26-8-6-5-7-22(23)26)16-19-9-10-21(35)14-25(19)36/h5-15,30H,16H2,1-4H3/b28-15-/t30-/m1/s1. The maximum Gasteiger partial charge on any atom is 0.338 e. The number of thiazole rings is 1. The number of carbonyl (C=O) groups excluding carboxylic acids is 1. The Morgan fingerprint density at radius 3 is 2.48 bits per heavy atom. The summed E-state index contributed by atoms with van der Waals surface area (Å²) >= 11 is 20.3. The van der Waals surface area contributed by atoms with Crippen LogP contribution in [-0.4, -0.2) is 29.3 Å². The summed E-state index contributed by atoms with van der Waals surface area (Å²) in [5.74, 6) is -0.114. The van der Waals surface area contributed by atoms with Gasteiger partial charge in [-0.15, -0.1) is 0 Å². The third kappa shape index (κ3) is 5.16. The van der Waals surface area contributed by atoms with Crippen molar-refractivity contribution < 1.29 is 14.3 Å². The fraction of sp³-hybridized carbons (Fsp3) is 0.182. The number of nitrogens with zero attached hydrogens (tertiary/aromatic N) is 3. The van der Waals surface area contributed by atoms with Crippen LogP contribution in [0.5, 0.6) is 5.75 Å². The molecule has 0 N–H and O–H groups in total. The molecule has 0 aliphatic carbocycles. The highest BCUT2D eigenvalue weighted by atomic mass is 35.5. The molecule has 6 rings (SSSR count). The maximum absolute atomic E-state index is 14.3. The zero-order valence-corrected chi connectivity index (χ0v) is 27.2. The zero-order chi connectivity index (χ0) is 31.3. The Hall–Kier alpha value is -3.82. The Labute approximate surface area is 271 Å². The van der Waals surface area contributed by atoms with E-state index in [1.165, 1.54) is 30.1 Å². The first kappa shape index (κ1) is 30.2. The molecule has 0 bridgehead atoms. The highest BCUT2D eigenvalue weighted by Crippen LogP contribution is 2.37. The second-order valence-electron chi connectivity index (χ2n) is 10.3. The van der Waals surface area contributed by atoms with E-state index in [0.717, 1.165) is 27.7 Å². The van der Waals surface area contributed by atoms with Gasteiger partial charge >= 0.3 is 5.97 Å². The molecule has 1 aliphatic heterocycles. The summed E-state index contributed by atoms with van der Waals surface area (Å²) in [6.45, 7) is 4.27. The second-order valence-corrected chi connectivity index (χ2v) is 12.6. The molecule has 0 fully saturated rings. The van der Waals surface area contributed by atoms with Crippen LogP contribution in [0.25, 0.3) is 17.0 Å². The number of fused-ring (bicyclic) bond motifs is 2. The van der Waals surface area contributed by atoms with Crippen molar-refractivity contribution in [2.24, 2.45) is 4.99 Å².